The number of nitro benzene ring substituents is 1. The van der Waals surface area contributed by atoms with Gasteiger partial charge >= 0.3 is 0 Å². The normalized spacial score (nSPS) is 11.3. The van der Waals surface area contributed by atoms with Crippen molar-refractivity contribution in [2.75, 3.05) is 24.9 Å². The van der Waals surface area contributed by atoms with Gasteiger partial charge in [-0.1, -0.05) is 6.07 Å². The molecule has 2 N–H and O–H groups in total. The van der Waals surface area contributed by atoms with Gasteiger partial charge in [0.2, 0.25) is 5.91 Å². The fourth-order valence-electron chi connectivity index (χ4n) is 2.98. The van der Waals surface area contributed by atoms with Crippen molar-refractivity contribution in [3.63, 3.8) is 0 Å². The van der Waals surface area contributed by atoms with Crippen LogP contribution in [0.3, 0.4) is 0 Å². The van der Waals surface area contributed by atoms with Crippen LogP contribution in [0.5, 0.6) is 11.5 Å². The van der Waals surface area contributed by atoms with E-state index in [0.29, 0.717) is 28.4 Å². The first kappa shape index (κ1) is 24.6. The number of nitro groups is 1. The minimum absolute atomic E-state index is 0.0885. The molecule has 3 aromatic carbocycles. The minimum Gasteiger partial charge on any atom is -0.497 e. The third-order valence-corrected chi connectivity index (χ3v) is 5.87. The molecule has 0 fully saturated rings. The summed E-state index contributed by atoms with van der Waals surface area (Å²) >= 11 is 1.33. The summed E-state index contributed by atoms with van der Waals surface area (Å²) in [6.07, 6.45) is 0. The highest BCUT2D eigenvalue weighted by Gasteiger charge is 2.17. The minimum atomic E-state index is -0.523. The smallest absolute Gasteiger partial charge is 0.269 e. The Bertz CT molecular complexity index is 1200. The van der Waals surface area contributed by atoms with E-state index in [1.165, 1.54) is 43.1 Å². The van der Waals surface area contributed by atoms with Gasteiger partial charge in [-0.3, -0.25) is 19.7 Å². The Morgan fingerprint density at radius 1 is 0.971 bits per heavy atom. The summed E-state index contributed by atoms with van der Waals surface area (Å²) in [4.78, 5) is 36.2. The summed E-state index contributed by atoms with van der Waals surface area (Å²) < 4.78 is 10.5. The lowest BCUT2D eigenvalue weighted by atomic mass is 10.2. The molecule has 1 atom stereocenters. The van der Waals surface area contributed by atoms with Gasteiger partial charge in [-0.15, -0.1) is 11.8 Å². The number of thioether (sulfide) groups is 1. The van der Waals surface area contributed by atoms with E-state index in [1.54, 1.807) is 50.4 Å². The first-order valence-electron chi connectivity index (χ1n) is 10.2. The first-order valence-corrected chi connectivity index (χ1v) is 11.0. The number of hydrogen-bond acceptors (Lipinski definition) is 7. The Labute approximate surface area is 200 Å². The van der Waals surface area contributed by atoms with E-state index in [0.717, 1.165) is 4.90 Å². The second kappa shape index (κ2) is 11.2. The maximum atomic E-state index is 12.7. The summed E-state index contributed by atoms with van der Waals surface area (Å²) in [7, 11) is 3.06. The van der Waals surface area contributed by atoms with E-state index in [9.17, 15) is 19.7 Å². The molecule has 0 aliphatic heterocycles. The van der Waals surface area contributed by atoms with Crippen molar-refractivity contribution < 1.29 is 24.0 Å². The molecule has 0 aromatic heterocycles. The lowest BCUT2D eigenvalue weighted by molar-refractivity contribution is -0.384. The Kier molecular flexibility index (Phi) is 8.10. The fraction of sp³-hybridized carbons (Fsp3) is 0.167. The fourth-order valence-corrected chi connectivity index (χ4v) is 3.91. The molecule has 0 spiro atoms. The molecule has 0 heterocycles. The predicted molar refractivity (Wildman–Crippen MR) is 131 cm³/mol. The van der Waals surface area contributed by atoms with E-state index in [4.69, 9.17) is 9.47 Å². The molecule has 176 valence electrons. The first-order chi connectivity index (χ1) is 16.3. The molecular formula is C24H23N3O6S. The topological polar surface area (TPSA) is 120 Å². The van der Waals surface area contributed by atoms with Gasteiger partial charge in [-0.25, -0.2) is 0 Å². The maximum Gasteiger partial charge on any atom is 0.269 e. The van der Waals surface area contributed by atoms with Crippen molar-refractivity contribution in [3.05, 3.63) is 82.4 Å². The van der Waals surface area contributed by atoms with Crippen LogP contribution >= 0.6 is 11.8 Å². The number of methoxy groups -OCH3 is 2. The molecule has 3 aromatic rings. The number of carbonyl (C=O) groups is 2. The number of anilines is 2. The zero-order chi connectivity index (χ0) is 24.7. The molecule has 0 saturated heterocycles. The maximum absolute atomic E-state index is 12.7. The second-order valence-electron chi connectivity index (χ2n) is 7.10. The molecule has 0 bridgehead atoms. The van der Waals surface area contributed by atoms with Crippen molar-refractivity contribution in [2.24, 2.45) is 0 Å². The van der Waals surface area contributed by atoms with Crippen LogP contribution in [0.2, 0.25) is 0 Å². The molecule has 0 aliphatic carbocycles. The Morgan fingerprint density at radius 2 is 1.71 bits per heavy atom. The van der Waals surface area contributed by atoms with Crippen molar-refractivity contribution in [3.8, 4) is 11.5 Å². The summed E-state index contributed by atoms with van der Waals surface area (Å²) in [5, 5.41) is 16.0. The van der Waals surface area contributed by atoms with Crippen molar-refractivity contribution in [2.45, 2.75) is 17.1 Å². The molecule has 34 heavy (non-hydrogen) atoms. The van der Waals surface area contributed by atoms with Crippen molar-refractivity contribution in [1.82, 2.24) is 0 Å². The number of carbonyl (C=O) groups excluding carboxylic acids is 2. The van der Waals surface area contributed by atoms with Crippen LogP contribution in [0.4, 0.5) is 17.1 Å². The molecule has 3 rings (SSSR count). The summed E-state index contributed by atoms with van der Waals surface area (Å²) in [6, 6.07) is 17.6. The van der Waals surface area contributed by atoms with E-state index in [1.807, 2.05) is 6.07 Å². The van der Waals surface area contributed by atoms with E-state index < -0.39 is 16.1 Å². The standard InChI is InChI=1S/C24H23N3O6S/c1-15(23(28)26-21-12-11-19(32-2)14-22(21)33-3)34-20-6-4-5-17(13-20)25-24(29)16-7-9-18(10-8-16)27(30)31/h4-15H,1-3H3,(H,25,29)(H,26,28). The van der Waals surface area contributed by atoms with Gasteiger partial charge in [0, 0.05) is 34.3 Å². The number of hydrogen-bond donors (Lipinski definition) is 2. The van der Waals surface area contributed by atoms with Gasteiger partial charge in [-0.05, 0) is 49.4 Å². The van der Waals surface area contributed by atoms with Crippen LogP contribution in [0.15, 0.2) is 71.6 Å². The van der Waals surface area contributed by atoms with Gasteiger partial charge in [0.25, 0.3) is 11.6 Å². The highest BCUT2D eigenvalue weighted by atomic mass is 32.2. The molecule has 0 aliphatic rings. The zero-order valence-corrected chi connectivity index (χ0v) is 19.5. The molecule has 10 heteroatoms. The van der Waals surface area contributed by atoms with Gasteiger partial charge < -0.3 is 20.1 Å². The number of benzene rings is 3. The lowest BCUT2D eigenvalue weighted by Crippen LogP contribution is -2.22. The largest absolute Gasteiger partial charge is 0.497 e. The lowest BCUT2D eigenvalue weighted by Gasteiger charge is -2.15. The number of rotatable bonds is 9. The van der Waals surface area contributed by atoms with E-state index >= 15 is 0 Å². The summed E-state index contributed by atoms with van der Waals surface area (Å²) in [5.41, 5.74) is 1.28. The molecule has 9 nitrogen and oxygen atoms in total. The highest BCUT2D eigenvalue weighted by molar-refractivity contribution is 8.00. The Hall–Kier alpha value is -4.05. The number of amides is 2. The van der Waals surface area contributed by atoms with Crippen molar-refractivity contribution in [1.29, 1.82) is 0 Å². The summed E-state index contributed by atoms with van der Waals surface area (Å²) in [5.74, 6) is 0.494. The third kappa shape index (κ3) is 6.26. The number of ether oxygens (including phenoxy) is 2. The van der Waals surface area contributed by atoms with Gasteiger partial charge in [0.15, 0.2) is 0 Å². The highest BCUT2D eigenvalue weighted by Crippen LogP contribution is 2.31. The van der Waals surface area contributed by atoms with Crippen LogP contribution in [0.25, 0.3) is 0 Å². The molecule has 1 unspecified atom stereocenters. The average Bonchev–Trinajstić information content (AvgIpc) is 2.84. The average molecular weight is 482 g/mol. The number of non-ortho nitro benzene ring substituents is 1. The monoisotopic (exact) mass is 481 g/mol. The molecule has 2 amide bonds. The zero-order valence-electron chi connectivity index (χ0n) is 18.7. The van der Waals surface area contributed by atoms with Crippen LogP contribution in [0.1, 0.15) is 17.3 Å². The third-order valence-electron chi connectivity index (χ3n) is 4.78. The van der Waals surface area contributed by atoms with E-state index in [-0.39, 0.29) is 11.6 Å². The Morgan fingerprint density at radius 3 is 2.35 bits per heavy atom. The van der Waals surface area contributed by atoms with Gasteiger partial charge in [0.05, 0.1) is 30.1 Å². The molecular weight excluding hydrogens is 458 g/mol. The van der Waals surface area contributed by atoms with Crippen molar-refractivity contribution >= 4 is 40.6 Å². The molecule has 0 radical (unpaired) electrons. The van der Waals surface area contributed by atoms with Gasteiger partial charge in [-0.2, -0.15) is 0 Å². The quantitative estimate of drug-likeness (QED) is 0.251. The van der Waals surface area contributed by atoms with E-state index in [2.05, 4.69) is 10.6 Å². The number of nitrogens with one attached hydrogen (secondary N) is 2. The predicted octanol–water partition coefficient (Wildman–Crippen LogP) is 4.98. The SMILES string of the molecule is COc1ccc(NC(=O)C(C)Sc2cccc(NC(=O)c3ccc([N+](=O)[O-])cc3)c2)c(OC)c1. The number of nitrogens with zero attached hydrogens (tertiary/aromatic N) is 1. The van der Waals surface area contributed by atoms with Gasteiger partial charge in [0.1, 0.15) is 11.5 Å². The van der Waals surface area contributed by atoms with Crippen LogP contribution in [0, 0.1) is 10.1 Å². The summed E-state index contributed by atoms with van der Waals surface area (Å²) in [6.45, 7) is 1.78. The van der Waals surface area contributed by atoms with Crippen LogP contribution in [-0.4, -0.2) is 36.2 Å². The van der Waals surface area contributed by atoms with Crippen LogP contribution in [-0.2, 0) is 4.79 Å². The molecule has 0 saturated carbocycles. The Balaban J connectivity index is 1.63. The second-order valence-corrected chi connectivity index (χ2v) is 8.52. The van der Waals surface area contributed by atoms with Crippen LogP contribution < -0.4 is 20.1 Å².